The summed E-state index contributed by atoms with van der Waals surface area (Å²) in [5.74, 6) is -1.04. The van der Waals surface area contributed by atoms with Crippen molar-refractivity contribution in [3.05, 3.63) is 57.8 Å². The molecule has 2 aromatic heterocycles. The average molecular weight is 389 g/mol. The van der Waals surface area contributed by atoms with Crippen molar-refractivity contribution in [2.75, 3.05) is 31.2 Å². The summed E-state index contributed by atoms with van der Waals surface area (Å²) in [6.07, 6.45) is 1.23. The fourth-order valence-electron chi connectivity index (χ4n) is 2.73. The van der Waals surface area contributed by atoms with Crippen molar-refractivity contribution in [3.8, 4) is 0 Å². The number of carbonyl (C=O) groups excluding carboxylic acids is 1. The third-order valence-corrected chi connectivity index (χ3v) is 5.18. The van der Waals surface area contributed by atoms with Gasteiger partial charge in [-0.05, 0) is 6.07 Å². The largest absolute Gasteiger partial charge is 0.378 e. The highest BCUT2D eigenvalue weighted by molar-refractivity contribution is 7.20. The molecule has 1 saturated heterocycles. The minimum atomic E-state index is -0.619. The smallest absolute Gasteiger partial charge is 0.288 e. The molecule has 0 radical (unpaired) electrons. The molecule has 0 saturated carbocycles. The highest BCUT2D eigenvalue weighted by atomic mass is 32.1. The minimum absolute atomic E-state index is 0.0241. The quantitative estimate of drug-likeness (QED) is 0.718. The zero-order valence-electron chi connectivity index (χ0n) is 14.2. The Morgan fingerprint density at radius 2 is 2.07 bits per heavy atom. The van der Waals surface area contributed by atoms with Crippen LogP contribution in [-0.2, 0) is 11.3 Å². The average Bonchev–Trinajstić information content (AvgIpc) is 3.13. The van der Waals surface area contributed by atoms with Crippen LogP contribution in [-0.4, -0.2) is 46.8 Å². The van der Waals surface area contributed by atoms with E-state index in [1.165, 1.54) is 23.6 Å². The summed E-state index contributed by atoms with van der Waals surface area (Å²) in [7, 11) is 0. The lowest BCUT2D eigenvalue weighted by Crippen LogP contribution is -2.36. The van der Waals surface area contributed by atoms with Crippen LogP contribution in [0.3, 0.4) is 0 Å². The van der Waals surface area contributed by atoms with Crippen LogP contribution in [0.25, 0.3) is 4.96 Å². The number of halogens is 1. The van der Waals surface area contributed by atoms with Crippen LogP contribution in [0.4, 0.5) is 9.52 Å². The summed E-state index contributed by atoms with van der Waals surface area (Å²) >= 11 is 1.28. The number of ether oxygens (including phenoxy) is 1. The lowest BCUT2D eigenvalue weighted by molar-refractivity contribution is 0.0948. The molecule has 0 bridgehead atoms. The number of anilines is 1. The number of hydrogen-bond acceptors (Lipinski definition) is 7. The molecule has 27 heavy (non-hydrogen) atoms. The predicted octanol–water partition coefficient (Wildman–Crippen LogP) is 1.06. The van der Waals surface area contributed by atoms with Crippen LogP contribution in [0, 0.1) is 5.82 Å². The van der Waals surface area contributed by atoms with Gasteiger partial charge in [0.05, 0.1) is 13.2 Å². The highest BCUT2D eigenvalue weighted by Gasteiger charge is 2.20. The van der Waals surface area contributed by atoms with Crippen molar-refractivity contribution in [3.63, 3.8) is 0 Å². The van der Waals surface area contributed by atoms with Crippen LogP contribution in [0.2, 0.25) is 0 Å². The molecule has 3 heterocycles. The molecule has 1 N–H and O–H groups in total. The summed E-state index contributed by atoms with van der Waals surface area (Å²) < 4.78 is 20.1. The number of aromatic nitrogens is 3. The zero-order valence-corrected chi connectivity index (χ0v) is 15.0. The minimum Gasteiger partial charge on any atom is -0.378 e. The van der Waals surface area contributed by atoms with Gasteiger partial charge in [0, 0.05) is 31.4 Å². The molecule has 1 amide bonds. The van der Waals surface area contributed by atoms with Gasteiger partial charge in [-0.1, -0.05) is 29.5 Å². The van der Waals surface area contributed by atoms with Crippen LogP contribution < -0.4 is 15.8 Å². The molecule has 4 rings (SSSR count). The van der Waals surface area contributed by atoms with E-state index in [4.69, 9.17) is 4.74 Å². The van der Waals surface area contributed by atoms with Crippen LogP contribution in [0.5, 0.6) is 0 Å². The first kappa shape index (κ1) is 17.6. The summed E-state index contributed by atoms with van der Waals surface area (Å²) in [4.78, 5) is 31.6. The van der Waals surface area contributed by atoms with E-state index in [0.717, 1.165) is 4.52 Å². The van der Waals surface area contributed by atoms with Crippen LogP contribution >= 0.6 is 11.3 Å². The Morgan fingerprint density at radius 3 is 2.85 bits per heavy atom. The molecular formula is C17H16FN5O3S. The van der Waals surface area contributed by atoms with Gasteiger partial charge in [-0.15, -0.1) is 5.10 Å². The molecule has 140 valence electrons. The summed E-state index contributed by atoms with van der Waals surface area (Å²) in [6, 6.07) is 6.13. The Balaban J connectivity index is 1.56. The number of hydrogen-bond donors (Lipinski definition) is 1. The molecule has 1 aromatic carbocycles. The number of nitrogens with one attached hydrogen (secondary N) is 1. The van der Waals surface area contributed by atoms with Gasteiger partial charge in [0.25, 0.3) is 11.5 Å². The maximum absolute atomic E-state index is 13.7. The van der Waals surface area contributed by atoms with E-state index >= 15 is 0 Å². The molecule has 0 unspecified atom stereocenters. The molecule has 1 fully saturated rings. The van der Waals surface area contributed by atoms with E-state index in [0.29, 0.717) is 42.0 Å². The van der Waals surface area contributed by atoms with Gasteiger partial charge >= 0.3 is 0 Å². The number of morpholine rings is 1. The van der Waals surface area contributed by atoms with Gasteiger partial charge < -0.3 is 15.0 Å². The molecule has 10 heteroatoms. The van der Waals surface area contributed by atoms with Gasteiger partial charge in [-0.2, -0.15) is 4.52 Å². The highest BCUT2D eigenvalue weighted by Crippen LogP contribution is 2.21. The fourth-order valence-corrected chi connectivity index (χ4v) is 3.64. The predicted molar refractivity (Wildman–Crippen MR) is 97.7 cm³/mol. The SMILES string of the molecule is O=C(NCc1ccccc1F)c1cnc2sc(N3CCOCC3)nn2c1=O. The van der Waals surface area contributed by atoms with Crippen molar-refractivity contribution in [2.45, 2.75) is 6.54 Å². The first-order valence-electron chi connectivity index (χ1n) is 8.36. The number of nitrogens with zero attached hydrogens (tertiary/aromatic N) is 4. The van der Waals surface area contributed by atoms with Crippen molar-refractivity contribution in [1.29, 1.82) is 0 Å². The number of fused-ring (bicyclic) bond motifs is 1. The van der Waals surface area contributed by atoms with Crippen molar-refractivity contribution >= 4 is 27.3 Å². The second kappa shape index (κ2) is 7.41. The van der Waals surface area contributed by atoms with E-state index in [1.807, 2.05) is 4.90 Å². The number of amides is 1. The number of rotatable bonds is 4. The van der Waals surface area contributed by atoms with Gasteiger partial charge in [0.1, 0.15) is 11.4 Å². The van der Waals surface area contributed by atoms with E-state index in [9.17, 15) is 14.0 Å². The van der Waals surface area contributed by atoms with E-state index < -0.39 is 17.3 Å². The molecule has 8 nitrogen and oxygen atoms in total. The Hall–Kier alpha value is -2.85. The lowest BCUT2D eigenvalue weighted by atomic mass is 10.2. The molecule has 0 atom stereocenters. The maximum Gasteiger partial charge on any atom is 0.288 e. The van der Waals surface area contributed by atoms with Crippen molar-refractivity contribution < 1.29 is 13.9 Å². The van der Waals surface area contributed by atoms with Crippen molar-refractivity contribution in [1.82, 2.24) is 19.9 Å². The van der Waals surface area contributed by atoms with Crippen molar-refractivity contribution in [2.24, 2.45) is 0 Å². The first-order chi connectivity index (χ1) is 13.1. The third kappa shape index (κ3) is 3.53. The van der Waals surface area contributed by atoms with Crippen LogP contribution in [0.1, 0.15) is 15.9 Å². The monoisotopic (exact) mass is 389 g/mol. The standard InChI is InChI=1S/C17H16FN5O3S/c18-13-4-2-1-3-11(13)9-19-14(24)12-10-20-16-23(15(12)25)21-17(27-16)22-5-7-26-8-6-22/h1-4,10H,5-9H2,(H,19,24). The van der Waals surface area contributed by atoms with Gasteiger partial charge in [0.15, 0.2) is 0 Å². The molecule has 0 spiro atoms. The van der Waals surface area contributed by atoms with E-state index in [1.54, 1.807) is 18.2 Å². The molecule has 1 aliphatic heterocycles. The Bertz CT molecular complexity index is 1040. The van der Waals surface area contributed by atoms with Gasteiger partial charge in [0.2, 0.25) is 10.1 Å². The fraction of sp³-hybridized carbons (Fsp3) is 0.294. The Kier molecular flexibility index (Phi) is 4.82. The van der Waals surface area contributed by atoms with E-state index in [-0.39, 0.29) is 12.1 Å². The van der Waals surface area contributed by atoms with Gasteiger partial charge in [-0.3, -0.25) is 9.59 Å². The lowest BCUT2D eigenvalue weighted by Gasteiger charge is -2.25. The summed E-state index contributed by atoms with van der Waals surface area (Å²) in [5, 5.41) is 7.51. The van der Waals surface area contributed by atoms with Gasteiger partial charge in [-0.25, -0.2) is 9.37 Å². The summed E-state index contributed by atoms with van der Waals surface area (Å²) in [5.41, 5.74) is -0.354. The molecule has 1 aliphatic rings. The number of carbonyl (C=O) groups is 1. The summed E-state index contributed by atoms with van der Waals surface area (Å²) in [6.45, 7) is 2.54. The molecule has 3 aromatic rings. The third-order valence-electron chi connectivity index (χ3n) is 4.20. The maximum atomic E-state index is 13.7. The second-order valence-electron chi connectivity index (χ2n) is 5.93. The molecular weight excluding hydrogens is 373 g/mol. The zero-order chi connectivity index (χ0) is 18.8. The normalized spacial score (nSPS) is 14.5. The molecule has 0 aliphatic carbocycles. The second-order valence-corrected chi connectivity index (χ2v) is 6.86. The first-order valence-corrected chi connectivity index (χ1v) is 9.18. The Labute approximate surface area is 157 Å². The number of benzene rings is 1. The van der Waals surface area contributed by atoms with E-state index in [2.05, 4.69) is 15.4 Å². The topological polar surface area (TPSA) is 88.8 Å². The Morgan fingerprint density at radius 1 is 1.30 bits per heavy atom. The van der Waals surface area contributed by atoms with Crippen LogP contribution in [0.15, 0.2) is 35.3 Å².